The smallest absolute Gasteiger partial charge is 0.272 e. The standard InChI is InChI=1S/C17H20FN5O4/c1-3-17-19-16(20-27-17)10-22(11(2)24)13-6-7-21(9-13)15-5-4-12(23(25)26)8-14(15)18/h4-5,8,13H,3,6-7,9-10H2,1-2H3/t13-/m0/s1. The summed E-state index contributed by atoms with van der Waals surface area (Å²) in [6.07, 6.45) is 1.26. The Hall–Kier alpha value is -3.04. The molecule has 0 saturated carbocycles. The summed E-state index contributed by atoms with van der Waals surface area (Å²) in [5, 5.41) is 14.6. The lowest BCUT2D eigenvalue weighted by Gasteiger charge is -2.27. The van der Waals surface area contributed by atoms with Gasteiger partial charge in [-0.2, -0.15) is 4.98 Å². The molecule has 1 fully saturated rings. The second-order valence-corrected chi connectivity index (χ2v) is 6.39. The first-order valence-corrected chi connectivity index (χ1v) is 8.66. The van der Waals surface area contributed by atoms with Crippen molar-refractivity contribution in [3.63, 3.8) is 0 Å². The van der Waals surface area contributed by atoms with Crippen LogP contribution in [0.1, 0.15) is 32.0 Å². The third kappa shape index (κ3) is 4.04. The molecule has 0 spiro atoms. The molecule has 2 heterocycles. The molecular weight excluding hydrogens is 357 g/mol. The summed E-state index contributed by atoms with van der Waals surface area (Å²) in [4.78, 5) is 29.9. The molecule has 1 aromatic carbocycles. The Kier molecular flexibility index (Phi) is 5.33. The van der Waals surface area contributed by atoms with E-state index >= 15 is 0 Å². The van der Waals surface area contributed by atoms with Crippen molar-refractivity contribution in [2.75, 3.05) is 18.0 Å². The van der Waals surface area contributed by atoms with Gasteiger partial charge in [0.2, 0.25) is 11.8 Å². The normalized spacial score (nSPS) is 16.6. The number of nitrogens with zero attached hydrogens (tertiary/aromatic N) is 5. The average molecular weight is 377 g/mol. The highest BCUT2D eigenvalue weighted by atomic mass is 19.1. The Morgan fingerprint density at radius 1 is 1.52 bits per heavy atom. The van der Waals surface area contributed by atoms with Crippen LogP contribution in [0, 0.1) is 15.9 Å². The highest BCUT2D eigenvalue weighted by Crippen LogP contribution is 2.28. The summed E-state index contributed by atoms with van der Waals surface area (Å²) in [7, 11) is 0. The molecule has 1 aliphatic rings. The van der Waals surface area contributed by atoms with Crippen LogP contribution >= 0.6 is 0 Å². The van der Waals surface area contributed by atoms with E-state index in [0.29, 0.717) is 43.3 Å². The van der Waals surface area contributed by atoms with Gasteiger partial charge in [0.25, 0.3) is 5.69 Å². The maximum absolute atomic E-state index is 14.3. The molecule has 1 aliphatic heterocycles. The molecule has 0 N–H and O–H groups in total. The molecule has 0 bridgehead atoms. The first-order chi connectivity index (χ1) is 12.9. The lowest BCUT2D eigenvalue weighted by molar-refractivity contribution is -0.385. The minimum atomic E-state index is -0.648. The minimum absolute atomic E-state index is 0.131. The van der Waals surface area contributed by atoms with Gasteiger partial charge in [-0.25, -0.2) is 4.39 Å². The molecule has 144 valence electrons. The number of aromatic nitrogens is 2. The van der Waals surface area contributed by atoms with E-state index in [0.717, 1.165) is 6.07 Å². The molecule has 1 saturated heterocycles. The Labute approximate surface area is 154 Å². The Bertz CT molecular complexity index is 856. The van der Waals surface area contributed by atoms with Crippen molar-refractivity contribution in [1.29, 1.82) is 0 Å². The number of carbonyl (C=O) groups excluding carboxylic acids is 1. The number of non-ortho nitro benzene ring substituents is 1. The quantitative estimate of drug-likeness (QED) is 0.562. The first kappa shape index (κ1) is 18.7. The molecule has 3 rings (SSSR count). The third-order valence-corrected chi connectivity index (χ3v) is 4.62. The van der Waals surface area contributed by atoms with Crippen molar-refractivity contribution < 1.29 is 18.6 Å². The summed E-state index contributed by atoms with van der Waals surface area (Å²) in [5.41, 5.74) is 0.000580. The second kappa shape index (κ2) is 7.68. The number of nitro benzene ring substituents is 1. The molecule has 2 aromatic rings. The molecule has 0 aliphatic carbocycles. The molecule has 1 amide bonds. The Balaban J connectivity index is 1.72. The predicted molar refractivity (Wildman–Crippen MR) is 93.6 cm³/mol. The van der Waals surface area contributed by atoms with Gasteiger partial charge in [-0.3, -0.25) is 14.9 Å². The fourth-order valence-corrected chi connectivity index (χ4v) is 3.23. The van der Waals surface area contributed by atoms with E-state index in [1.54, 1.807) is 9.80 Å². The van der Waals surface area contributed by atoms with Crippen molar-refractivity contribution in [2.24, 2.45) is 0 Å². The molecule has 10 heteroatoms. The van der Waals surface area contributed by atoms with Gasteiger partial charge in [0.15, 0.2) is 11.6 Å². The van der Waals surface area contributed by atoms with Crippen LogP contribution in [-0.2, 0) is 17.8 Å². The molecule has 0 unspecified atom stereocenters. The van der Waals surface area contributed by atoms with E-state index < -0.39 is 10.7 Å². The predicted octanol–water partition coefficient (Wildman–Crippen LogP) is 2.31. The number of amides is 1. The van der Waals surface area contributed by atoms with Crippen LogP contribution in [0.5, 0.6) is 0 Å². The Morgan fingerprint density at radius 2 is 2.30 bits per heavy atom. The SMILES string of the molecule is CCc1nc(CN(C(C)=O)[C@H]2CCN(c3ccc([N+](=O)[O-])cc3F)C2)no1. The number of rotatable bonds is 6. The van der Waals surface area contributed by atoms with Crippen molar-refractivity contribution in [1.82, 2.24) is 15.0 Å². The number of anilines is 1. The lowest BCUT2D eigenvalue weighted by Crippen LogP contribution is -2.40. The highest BCUT2D eigenvalue weighted by Gasteiger charge is 2.31. The summed E-state index contributed by atoms with van der Waals surface area (Å²) >= 11 is 0. The number of aryl methyl sites for hydroxylation is 1. The summed E-state index contributed by atoms with van der Waals surface area (Å²) in [5.74, 6) is 0.162. The van der Waals surface area contributed by atoms with E-state index in [1.807, 2.05) is 6.92 Å². The van der Waals surface area contributed by atoms with Gasteiger partial charge < -0.3 is 14.3 Å². The van der Waals surface area contributed by atoms with Gasteiger partial charge in [-0.15, -0.1) is 0 Å². The average Bonchev–Trinajstić information content (AvgIpc) is 3.28. The summed E-state index contributed by atoms with van der Waals surface area (Å²) in [6, 6.07) is 3.46. The van der Waals surface area contributed by atoms with Crippen LogP contribution in [-0.4, -0.2) is 45.0 Å². The zero-order valence-corrected chi connectivity index (χ0v) is 15.1. The van der Waals surface area contributed by atoms with Gasteiger partial charge in [-0.05, 0) is 12.5 Å². The summed E-state index contributed by atoms with van der Waals surface area (Å²) < 4.78 is 19.4. The van der Waals surface area contributed by atoms with Gasteiger partial charge in [0.1, 0.15) is 0 Å². The number of halogens is 1. The van der Waals surface area contributed by atoms with Crippen molar-refractivity contribution in [3.8, 4) is 0 Å². The topological polar surface area (TPSA) is 106 Å². The maximum Gasteiger partial charge on any atom is 0.272 e. The van der Waals surface area contributed by atoms with Gasteiger partial charge >= 0.3 is 0 Å². The largest absolute Gasteiger partial charge is 0.367 e. The van der Waals surface area contributed by atoms with E-state index in [1.165, 1.54) is 19.1 Å². The first-order valence-electron chi connectivity index (χ1n) is 8.66. The van der Waals surface area contributed by atoms with Crippen LogP contribution in [0.3, 0.4) is 0 Å². The van der Waals surface area contributed by atoms with E-state index in [4.69, 9.17) is 4.52 Å². The third-order valence-electron chi connectivity index (χ3n) is 4.62. The van der Waals surface area contributed by atoms with Gasteiger partial charge in [0.05, 0.1) is 29.3 Å². The number of nitro groups is 1. The number of benzene rings is 1. The fraction of sp³-hybridized carbons (Fsp3) is 0.471. The van der Waals surface area contributed by atoms with E-state index in [-0.39, 0.29) is 24.2 Å². The lowest BCUT2D eigenvalue weighted by atomic mass is 10.2. The monoisotopic (exact) mass is 377 g/mol. The van der Waals surface area contributed by atoms with Gasteiger partial charge in [0, 0.05) is 32.5 Å². The second-order valence-electron chi connectivity index (χ2n) is 6.39. The molecule has 0 radical (unpaired) electrons. The van der Waals surface area contributed by atoms with Crippen molar-refractivity contribution in [2.45, 2.75) is 39.3 Å². The number of carbonyl (C=O) groups is 1. The van der Waals surface area contributed by atoms with Crippen LogP contribution in [0.2, 0.25) is 0 Å². The highest BCUT2D eigenvalue weighted by molar-refractivity contribution is 5.73. The van der Waals surface area contributed by atoms with Crippen LogP contribution < -0.4 is 4.90 Å². The number of hydrogen-bond acceptors (Lipinski definition) is 7. The maximum atomic E-state index is 14.3. The molecule has 1 aromatic heterocycles. The van der Waals surface area contributed by atoms with Crippen LogP contribution in [0.25, 0.3) is 0 Å². The zero-order valence-electron chi connectivity index (χ0n) is 15.1. The molecular formula is C17H20FN5O4. The van der Waals surface area contributed by atoms with Crippen LogP contribution in [0.4, 0.5) is 15.8 Å². The Morgan fingerprint density at radius 3 is 2.89 bits per heavy atom. The van der Waals surface area contributed by atoms with E-state index in [2.05, 4.69) is 10.1 Å². The zero-order chi connectivity index (χ0) is 19.6. The summed E-state index contributed by atoms with van der Waals surface area (Å²) in [6.45, 7) is 4.55. The van der Waals surface area contributed by atoms with Crippen molar-refractivity contribution in [3.05, 3.63) is 45.8 Å². The molecule has 1 atom stereocenters. The molecule has 27 heavy (non-hydrogen) atoms. The molecule has 9 nitrogen and oxygen atoms in total. The fourth-order valence-electron chi connectivity index (χ4n) is 3.23. The minimum Gasteiger partial charge on any atom is -0.367 e. The van der Waals surface area contributed by atoms with E-state index in [9.17, 15) is 19.3 Å². The van der Waals surface area contributed by atoms with Crippen molar-refractivity contribution >= 4 is 17.3 Å². The van der Waals surface area contributed by atoms with Crippen LogP contribution in [0.15, 0.2) is 22.7 Å². The number of hydrogen-bond donors (Lipinski definition) is 0. The van der Waals surface area contributed by atoms with Gasteiger partial charge in [-0.1, -0.05) is 12.1 Å².